The third-order valence-electron chi connectivity index (χ3n) is 7.99. The average molecular weight is 514 g/mol. The zero-order valence-corrected chi connectivity index (χ0v) is 22.1. The van der Waals surface area contributed by atoms with Crippen molar-refractivity contribution < 1.29 is 4.74 Å². The lowest BCUT2D eigenvalue weighted by atomic mass is 9.99. The molecule has 6 rings (SSSR count). The predicted molar refractivity (Wildman–Crippen MR) is 146 cm³/mol. The van der Waals surface area contributed by atoms with E-state index in [2.05, 4.69) is 85.8 Å². The van der Waals surface area contributed by atoms with Gasteiger partial charge < -0.3 is 9.72 Å². The Hall–Kier alpha value is -3.40. The first-order chi connectivity index (χ1) is 18.6. The van der Waals surface area contributed by atoms with Crippen molar-refractivity contribution in [2.45, 2.75) is 51.9 Å². The molecule has 4 aromatic rings. The molecule has 4 heterocycles. The van der Waals surface area contributed by atoms with Crippen molar-refractivity contribution >= 4 is 10.9 Å². The molecule has 2 aromatic heterocycles. The molecule has 198 valence electrons. The molecule has 2 aliphatic rings. The van der Waals surface area contributed by atoms with Gasteiger partial charge >= 0.3 is 0 Å². The molecule has 0 amide bonds. The van der Waals surface area contributed by atoms with E-state index in [1.807, 2.05) is 11.6 Å². The summed E-state index contributed by atoms with van der Waals surface area (Å²) < 4.78 is 7.74. The van der Waals surface area contributed by atoms with Crippen molar-refractivity contribution in [1.82, 2.24) is 35.0 Å². The molecule has 0 radical (unpaired) electrons. The fraction of sp³-hybridized carbons (Fsp3) is 0.448. The van der Waals surface area contributed by atoms with Crippen LogP contribution in [0.2, 0.25) is 0 Å². The van der Waals surface area contributed by atoms with E-state index in [1.54, 1.807) is 0 Å². The van der Waals surface area contributed by atoms with Crippen molar-refractivity contribution in [2.24, 2.45) is 0 Å². The Labute approximate surface area is 222 Å². The van der Waals surface area contributed by atoms with Crippen LogP contribution in [0.15, 0.2) is 53.3 Å². The monoisotopic (exact) mass is 513 g/mol. The number of fused-ring (bicyclic) bond motifs is 1. The fourth-order valence-corrected chi connectivity index (χ4v) is 5.83. The second kappa shape index (κ2) is 10.8. The van der Waals surface area contributed by atoms with E-state index in [0.717, 1.165) is 74.2 Å². The summed E-state index contributed by atoms with van der Waals surface area (Å²) in [5.74, 6) is 0.701. The lowest BCUT2D eigenvalue weighted by molar-refractivity contribution is 0.0840. The van der Waals surface area contributed by atoms with Gasteiger partial charge in [0, 0.05) is 50.3 Å². The molecular weight excluding hydrogens is 478 g/mol. The highest BCUT2D eigenvalue weighted by Crippen LogP contribution is 2.30. The Morgan fingerprint density at radius 1 is 1.05 bits per heavy atom. The van der Waals surface area contributed by atoms with Gasteiger partial charge in [-0.25, -0.2) is 4.68 Å². The summed E-state index contributed by atoms with van der Waals surface area (Å²) in [6, 6.07) is 16.5. The van der Waals surface area contributed by atoms with E-state index in [0.29, 0.717) is 17.9 Å². The van der Waals surface area contributed by atoms with Crippen LogP contribution in [0.1, 0.15) is 47.0 Å². The molecular formula is C29H35N7O2. The number of ether oxygens (including phenoxy) is 1. The molecule has 2 fully saturated rings. The fourth-order valence-electron chi connectivity index (χ4n) is 5.83. The molecule has 2 saturated heterocycles. The summed E-state index contributed by atoms with van der Waals surface area (Å²) in [4.78, 5) is 21.7. The number of H-pyrrole nitrogens is 1. The molecule has 9 heteroatoms. The summed E-state index contributed by atoms with van der Waals surface area (Å²) in [6.07, 6.45) is 2.15. The third kappa shape index (κ3) is 5.01. The van der Waals surface area contributed by atoms with Gasteiger partial charge in [-0.2, -0.15) is 0 Å². The number of nitrogens with one attached hydrogen (secondary N) is 1. The SMILES string of the molecule is Cc1ccc(C)c2[nH]c(=O)c([C@@H](c3nnnn3C[C@@H]3CCCO3)N3CCN(Cc4ccccc4)CC3)cc12. The molecule has 0 spiro atoms. The number of hydrogen-bond acceptors (Lipinski definition) is 7. The lowest BCUT2D eigenvalue weighted by Gasteiger charge is -2.38. The first kappa shape index (κ1) is 24.9. The minimum absolute atomic E-state index is 0.0884. The van der Waals surface area contributed by atoms with Crippen LogP contribution in [-0.2, 0) is 17.8 Å². The van der Waals surface area contributed by atoms with Crippen LogP contribution in [-0.4, -0.2) is 73.9 Å². The summed E-state index contributed by atoms with van der Waals surface area (Å²) in [6.45, 7) is 9.85. The van der Waals surface area contributed by atoms with Gasteiger partial charge in [-0.05, 0) is 59.9 Å². The van der Waals surface area contributed by atoms with Crippen LogP contribution in [0.4, 0.5) is 0 Å². The topological polar surface area (TPSA) is 92.2 Å². The lowest BCUT2D eigenvalue weighted by Crippen LogP contribution is -2.48. The van der Waals surface area contributed by atoms with Crippen molar-refractivity contribution in [3.63, 3.8) is 0 Å². The predicted octanol–water partition coefficient (Wildman–Crippen LogP) is 3.22. The molecule has 2 atom stereocenters. The van der Waals surface area contributed by atoms with Crippen LogP contribution in [0, 0.1) is 13.8 Å². The quantitative estimate of drug-likeness (QED) is 0.406. The minimum atomic E-state index is -0.349. The summed E-state index contributed by atoms with van der Waals surface area (Å²) in [5.41, 5.74) is 5.00. The summed E-state index contributed by atoms with van der Waals surface area (Å²) in [7, 11) is 0. The van der Waals surface area contributed by atoms with Crippen LogP contribution in [0.3, 0.4) is 0 Å². The Balaban J connectivity index is 1.35. The van der Waals surface area contributed by atoms with Crippen LogP contribution < -0.4 is 5.56 Å². The number of hydrogen-bond donors (Lipinski definition) is 1. The maximum Gasteiger partial charge on any atom is 0.253 e. The first-order valence-corrected chi connectivity index (χ1v) is 13.6. The van der Waals surface area contributed by atoms with Crippen molar-refractivity contribution in [1.29, 1.82) is 0 Å². The standard InChI is InChI=1S/C29H35N7O2/c1-20-10-11-21(2)26-24(20)17-25(29(37)30-26)27(28-31-32-33-36(28)19-23-9-6-16-38-23)35-14-12-34(13-15-35)18-22-7-4-3-5-8-22/h3-5,7-8,10-11,17,23,27H,6,9,12-16,18-19H2,1-2H3,(H,30,37)/t23-,27-/m0/s1. The molecule has 0 bridgehead atoms. The zero-order chi connectivity index (χ0) is 26.1. The normalized spacial score (nSPS) is 19.8. The smallest absolute Gasteiger partial charge is 0.253 e. The summed E-state index contributed by atoms with van der Waals surface area (Å²) >= 11 is 0. The van der Waals surface area contributed by atoms with Gasteiger partial charge in [0.1, 0.15) is 6.04 Å². The van der Waals surface area contributed by atoms with Gasteiger partial charge in [0.05, 0.1) is 18.2 Å². The van der Waals surface area contributed by atoms with Crippen LogP contribution >= 0.6 is 0 Å². The van der Waals surface area contributed by atoms with E-state index in [-0.39, 0.29) is 17.7 Å². The van der Waals surface area contributed by atoms with Gasteiger partial charge in [0.15, 0.2) is 5.82 Å². The Morgan fingerprint density at radius 2 is 1.84 bits per heavy atom. The van der Waals surface area contributed by atoms with E-state index >= 15 is 0 Å². The van der Waals surface area contributed by atoms with E-state index in [1.165, 1.54) is 5.56 Å². The van der Waals surface area contributed by atoms with E-state index in [4.69, 9.17) is 4.74 Å². The Morgan fingerprint density at radius 3 is 2.61 bits per heavy atom. The van der Waals surface area contributed by atoms with Crippen molar-refractivity contribution in [2.75, 3.05) is 32.8 Å². The first-order valence-electron chi connectivity index (χ1n) is 13.6. The molecule has 9 nitrogen and oxygen atoms in total. The second-order valence-electron chi connectivity index (χ2n) is 10.6. The highest BCUT2D eigenvalue weighted by molar-refractivity contribution is 5.85. The maximum absolute atomic E-state index is 13.6. The number of pyridine rings is 1. The minimum Gasteiger partial charge on any atom is -0.376 e. The highest BCUT2D eigenvalue weighted by Gasteiger charge is 2.33. The average Bonchev–Trinajstić information content (AvgIpc) is 3.62. The van der Waals surface area contributed by atoms with E-state index < -0.39 is 0 Å². The molecule has 1 N–H and O–H groups in total. The molecule has 2 aromatic carbocycles. The Kier molecular flexibility index (Phi) is 7.06. The van der Waals surface area contributed by atoms with Crippen molar-refractivity contribution in [3.8, 4) is 0 Å². The maximum atomic E-state index is 13.6. The molecule has 0 aliphatic carbocycles. The number of piperazine rings is 1. The number of aromatic amines is 1. The number of aromatic nitrogens is 5. The number of rotatable bonds is 7. The van der Waals surface area contributed by atoms with E-state index in [9.17, 15) is 4.79 Å². The van der Waals surface area contributed by atoms with Crippen molar-refractivity contribution in [3.05, 3.63) is 87.0 Å². The van der Waals surface area contributed by atoms with Crippen LogP contribution in [0.25, 0.3) is 10.9 Å². The third-order valence-corrected chi connectivity index (χ3v) is 7.99. The molecule has 38 heavy (non-hydrogen) atoms. The van der Waals surface area contributed by atoms with Gasteiger partial charge in [-0.3, -0.25) is 14.6 Å². The van der Waals surface area contributed by atoms with Gasteiger partial charge in [0.2, 0.25) is 0 Å². The highest BCUT2D eigenvalue weighted by atomic mass is 16.5. The Bertz CT molecular complexity index is 1450. The number of nitrogens with zero attached hydrogens (tertiary/aromatic N) is 6. The number of benzene rings is 2. The molecule has 2 aliphatic heterocycles. The van der Waals surface area contributed by atoms with Gasteiger partial charge in [0.25, 0.3) is 5.56 Å². The van der Waals surface area contributed by atoms with Gasteiger partial charge in [-0.1, -0.05) is 42.5 Å². The van der Waals surface area contributed by atoms with Crippen LogP contribution in [0.5, 0.6) is 0 Å². The summed E-state index contributed by atoms with van der Waals surface area (Å²) in [5, 5.41) is 14.0. The number of aryl methyl sites for hydroxylation is 2. The van der Waals surface area contributed by atoms with Gasteiger partial charge in [-0.15, -0.1) is 5.10 Å². The molecule has 0 unspecified atom stereocenters. The number of tetrazole rings is 1. The zero-order valence-electron chi connectivity index (χ0n) is 22.1. The largest absolute Gasteiger partial charge is 0.376 e. The second-order valence-corrected chi connectivity index (χ2v) is 10.6. The molecule has 0 saturated carbocycles.